The van der Waals surface area contributed by atoms with Crippen LogP contribution in [0.25, 0.3) is 4.96 Å². The maximum atomic E-state index is 4.61. The van der Waals surface area contributed by atoms with Crippen molar-refractivity contribution in [2.45, 2.75) is 34.2 Å². The Morgan fingerprint density at radius 2 is 1.79 bits per heavy atom. The van der Waals surface area contributed by atoms with Gasteiger partial charge in [-0.25, -0.2) is 4.98 Å². The second kappa shape index (κ2) is 4.42. The van der Waals surface area contributed by atoms with Crippen LogP contribution in [0.2, 0.25) is 0 Å². The highest BCUT2D eigenvalue weighted by atomic mass is 32.1. The van der Waals surface area contributed by atoms with Crippen LogP contribution in [0.3, 0.4) is 0 Å². The summed E-state index contributed by atoms with van der Waals surface area (Å²) in [6, 6.07) is 4.24. The van der Waals surface area contributed by atoms with E-state index in [1.807, 2.05) is 0 Å². The van der Waals surface area contributed by atoms with E-state index in [9.17, 15) is 0 Å². The molecule has 0 unspecified atom stereocenters. The molecule has 5 heteroatoms. The molecule has 0 radical (unpaired) electrons. The summed E-state index contributed by atoms with van der Waals surface area (Å²) in [6.07, 6.45) is 0. The Bertz CT molecular complexity index is 713. The number of aromatic nitrogens is 3. The third-order valence-corrected chi connectivity index (χ3v) is 4.45. The second-order valence-corrected chi connectivity index (χ2v) is 5.76. The number of imidazole rings is 1. The van der Waals surface area contributed by atoms with Crippen LogP contribution in [0.1, 0.15) is 28.5 Å². The SMILES string of the molecule is Cc1nc2scc(C)n2c1CNn1c(C)ccc1C. The third-order valence-electron chi connectivity index (χ3n) is 3.51. The lowest BCUT2D eigenvalue weighted by molar-refractivity contribution is 0.771. The molecule has 0 atom stereocenters. The number of aryl methyl sites for hydroxylation is 4. The van der Waals surface area contributed by atoms with Crippen LogP contribution >= 0.6 is 11.3 Å². The highest BCUT2D eigenvalue weighted by Gasteiger charge is 2.12. The maximum Gasteiger partial charge on any atom is 0.194 e. The van der Waals surface area contributed by atoms with Gasteiger partial charge in [0.05, 0.1) is 17.9 Å². The minimum Gasteiger partial charge on any atom is -0.320 e. The van der Waals surface area contributed by atoms with Gasteiger partial charge in [-0.2, -0.15) is 0 Å². The zero-order chi connectivity index (χ0) is 13.6. The minimum atomic E-state index is 0.779. The molecule has 0 spiro atoms. The average Bonchev–Trinajstić information content (AvgIpc) is 2.97. The van der Waals surface area contributed by atoms with Crippen molar-refractivity contribution in [2.24, 2.45) is 0 Å². The number of nitrogens with one attached hydrogen (secondary N) is 1. The fourth-order valence-electron chi connectivity index (χ4n) is 2.45. The summed E-state index contributed by atoms with van der Waals surface area (Å²) < 4.78 is 4.36. The van der Waals surface area contributed by atoms with Crippen LogP contribution < -0.4 is 5.43 Å². The van der Waals surface area contributed by atoms with Gasteiger partial charge in [-0.05, 0) is 39.8 Å². The van der Waals surface area contributed by atoms with Crippen LogP contribution in [-0.4, -0.2) is 14.1 Å². The molecule has 4 nitrogen and oxygen atoms in total. The number of nitrogens with zero attached hydrogens (tertiary/aromatic N) is 3. The molecule has 1 N–H and O–H groups in total. The van der Waals surface area contributed by atoms with E-state index < -0.39 is 0 Å². The van der Waals surface area contributed by atoms with Crippen molar-refractivity contribution in [2.75, 3.05) is 5.43 Å². The number of thiazole rings is 1. The van der Waals surface area contributed by atoms with E-state index in [-0.39, 0.29) is 0 Å². The fourth-order valence-corrected chi connectivity index (χ4v) is 3.38. The van der Waals surface area contributed by atoms with Gasteiger partial charge in [-0.1, -0.05) is 0 Å². The molecule has 0 aliphatic heterocycles. The first kappa shape index (κ1) is 12.3. The van der Waals surface area contributed by atoms with Crippen molar-refractivity contribution in [3.05, 3.63) is 46.0 Å². The zero-order valence-electron chi connectivity index (χ0n) is 11.7. The highest BCUT2D eigenvalue weighted by molar-refractivity contribution is 7.15. The smallest absolute Gasteiger partial charge is 0.194 e. The topological polar surface area (TPSA) is 34.3 Å². The molecule has 0 amide bonds. The van der Waals surface area contributed by atoms with E-state index in [4.69, 9.17) is 0 Å². The van der Waals surface area contributed by atoms with Crippen LogP contribution in [0.4, 0.5) is 0 Å². The lowest BCUT2D eigenvalue weighted by atomic mass is 10.3. The summed E-state index contributed by atoms with van der Waals surface area (Å²) >= 11 is 1.70. The number of fused-ring (bicyclic) bond motifs is 1. The van der Waals surface area contributed by atoms with Crippen LogP contribution in [0.15, 0.2) is 17.5 Å². The summed E-state index contributed by atoms with van der Waals surface area (Å²) in [5.41, 5.74) is 9.50. The minimum absolute atomic E-state index is 0.779. The lowest BCUT2D eigenvalue weighted by Gasteiger charge is -2.13. The molecule has 0 aromatic carbocycles. The highest BCUT2D eigenvalue weighted by Crippen LogP contribution is 2.20. The van der Waals surface area contributed by atoms with E-state index in [0.29, 0.717) is 0 Å². The van der Waals surface area contributed by atoms with Crippen molar-refractivity contribution in [1.82, 2.24) is 14.1 Å². The Morgan fingerprint density at radius 3 is 2.47 bits per heavy atom. The standard InChI is InChI=1S/C14H18N4S/c1-9-5-6-10(2)18(9)15-7-13-12(4)16-14-17(13)11(3)8-19-14/h5-6,8,15H,7H2,1-4H3. The van der Waals surface area contributed by atoms with Crippen molar-refractivity contribution in [3.8, 4) is 0 Å². The van der Waals surface area contributed by atoms with Gasteiger partial charge in [0, 0.05) is 22.5 Å². The molecule has 0 bridgehead atoms. The van der Waals surface area contributed by atoms with E-state index in [1.165, 1.54) is 22.8 Å². The summed E-state index contributed by atoms with van der Waals surface area (Å²) in [4.78, 5) is 5.69. The van der Waals surface area contributed by atoms with Gasteiger partial charge in [0.1, 0.15) is 0 Å². The lowest BCUT2D eigenvalue weighted by Crippen LogP contribution is -2.18. The van der Waals surface area contributed by atoms with Gasteiger partial charge in [0.2, 0.25) is 0 Å². The van der Waals surface area contributed by atoms with Gasteiger partial charge in [0.15, 0.2) is 4.96 Å². The van der Waals surface area contributed by atoms with Crippen molar-refractivity contribution in [1.29, 1.82) is 0 Å². The van der Waals surface area contributed by atoms with Crippen LogP contribution in [0, 0.1) is 27.7 Å². The predicted molar refractivity (Wildman–Crippen MR) is 79.5 cm³/mol. The molecule has 0 fully saturated rings. The predicted octanol–water partition coefficient (Wildman–Crippen LogP) is 3.17. The molecule has 19 heavy (non-hydrogen) atoms. The van der Waals surface area contributed by atoms with Crippen LogP contribution in [-0.2, 0) is 6.54 Å². The summed E-state index contributed by atoms with van der Waals surface area (Å²) in [5.74, 6) is 0. The van der Waals surface area contributed by atoms with Gasteiger partial charge in [-0.3, -0.25) is 9.08 Å². The first-order valence-electron chi connectivity index (χ1n) is 6.39. The number of hydrogen-bond donors (Lipinski definition) is 1. The number of hydrogen-bond acceptors (Lipinski definition) is 3. The first-order chi connectivity index (χ1) is 9.08. The molecule has 0 aliphatic carbocycles. The molecule has 0 saturated carbocycles. The Labute approximate surface area is 116 Å². The molecule has 3 aromatic heterocycles. The number of rotatable bonds is 3. The monoisotopic (exact) mass is 274 g/mol. The molecule has 0 aliphatic rings. The third kappa shape index (κ3) is 1.94. The normalized spacial score (nSPS) is 11.4. The van der Waals surface area contributed by atoms with Gasteiger partial charge >= 0.3 is 0 Å². The fraction of sp³-hybridized carbons (Fsp3) is 0.357. The Morgan fingerprint density at radius 1 is 1.11 bits per heavy atom. The van der Waals surface area contributed by atoms with Gasteiger partial charge < -0.3 is 5.43 Å². The van der Waals surface area contributed by atoms with Crippen molar-refractivity contribution in [3.63, 3.8) is 0 Å². The van der Waals surface area contributed by atoms with Crippen molar-refractivity contribution >= 4 is 16.3 Å². The zero-order valence-corrected chi connectivity index (χ0v) is 12.5. The Balaban J connectivity index is 1.93. The average molecular weight is 274 g/mol. The maximum absolute atomic E-state index is 4.61. The molecule has 3 aromatic rings. The van der Waals surface area contributed by atoms with E-state index in [1.54, 1.807) is 11.3 Å². The molecule has 100 valence electrons. The van der Waals surface area contributed by atoms with Crippen LogP contribution in [0.5, 0.6) is 0 Å². The second-order valence-electron chi connectivity index (χ2n) is 4.93. The largest absolute Gasteiger partial charge is 0.320 e. The molecule has 3 heterocycles. The molecular weight excluding hydrogens is 256 g/mol. The van der Waals surface area contributed by atoms with Crippen molar-refractivity contribution < 1.29 is 0 Å². The first-order valence-corrected chi connectivity index (χ1v) is 7.26. The quantitative estimate of drug-likeness (QED) is 0.796. The molecule has 0 saturated heterocycles. The molecular formula is C14H18N4S. The summed E-state index contributed by atoms with van der Waals surface area (Å²) in [7, 11) is 0. The summed E-state index contributed by atoms with van der Waals surface area (Å²) in [5, 5.41) is 2.15. The van der Waals surface area contributed by atoms with E-state index in [2.05, 4.69) is 64.7 Å². The Hall–Kier alpha value is -1.75. The van der Waals surface area contributed by atoms with Gasteiger partial charge in [-0.15, -0.1) is 11.3 Å². The van der Waals surface area contributed by atoms with E-state index in [0.717, 1.165) is 17.2 Å². The Kier molecular flexibility index (Phi) is 2.86. The van der Waals surface area contributed by atoms with E-state index >= 15 is 0 Å². The molecule has 3 rings (SSSR count). The van der Waals surface area contributed by atoms with Gasteiger partial charge in [0.25, 0.3) is 0 Å². The summed E-state index contributed by atoms with van der Waals surface area (Å²) in [6.45, 7) is 9.19.